The van der Waals surface area contributed by atoms with Gasteiger partial charge in [-0.3, -0.25) is 4.79 Å². The molecular formula is C12H16ClNO2. The molecule has 0 atom stereocenters. The van der Waals surface area contributed by atoms with E-state index in [4.69, 9.17) is 16.3 Å². The molecule has 0 N–H and O–H groups in total. The Hall–Kier alpha value is -1.22. The van der Waals surface area contributed by atoms with Crippen molar-refractivity contribution in [1.29, 1.82) is 0 Å². The third-order valence-corrected chi connectivity index (χ3v) is 3.08. The van der Waals surface area contributed by atoms with E-state index in [9.17, 15) is 4.79 Å². The normalized spacial score (nSPS) is 10.1. The first-order valence-electron chi connectivity index (χ1n) is 4.98. The van der Waals surface area contributed by atoms with Gasteiger partial charge in [0.15, 0.2) is 0 Å². The Morgan fingerprint density at radius 2 is 1.88 bits per heavy atom. The van der Waals surface area contributed by atoms with Crippen LogP contribution in [0.5, 0.6) is 5.75 Å². The Morgan fingerprint density at radius 3 is 2.31 bits per heavy atom. The maximum Gasteiger partial charge on any atom is 0.320 e. The Labute approximate surface area is 101 Å². The molecule has 1 amide bonds. The molecule has 0 saturated heterocycles. The number of rotatable bonds is 2. The van der Waals surface area contributed by atoms with Gasteiger partial charge in [0, 0.05) is 12.7 Å². The monoisotopic (exact) mass is 241 g/mol. The minimum atomic E-state index is -0.493. The summed E-state index contributed by atoms with van der Waals surface area (Å²) in [6.45, 7) is 5.86. The van der Waals surface area contributed by atoms with Crippen LogP contribution in [0.2, 0.25) is 0 Å². The summed E-state index contributed by atoms with van der Waals surface area (Å²) in [5.41, 5.74) is 3.84. The quantitative estimate of drug-likeness (QED) is 0.587. The Balaban J connectivity index is 3.39. The summed E-state index contributed by atoms with van der Waals surface area (Å²) in [6.07, 6.45) is 0. The fourth-order valence-corrected chi connectivity index (χ4v) is 1.89. The molecule has 4 heteroatoms. The summed E-state index contributed by atoms with van der Waals surface area (Å²) in [5, 5.41) is -0.493. The van der Waals surface area contributed by atoms with Crippen molar-refractivity contribution in [1.82, 2.24) is 0 Å². The van der Waals surface area contributed by atoms with Crippen LogP contribution >= 0.6 is 11.6 Å². The zero-order valence-corrected chi connectivity index (χ0v) is 11.0. The number of ether oxygens (including phenoxy) is 1. The molecule has 0 fully saturated rings. The SMILES string of the molecule is COc1c(C)cc(N(C)C(=O)Cl)c(C)c1C. The van der Waals surface area contributed by atoms with Crippen LogP contribution in [0.4, 0.5) is 10.5 Å². The molecule has 0 aromatic heterocycles. The van der Waals surface area contributed by atoms with Gasteiger partial charge in [-0.1, -0.05) is 0 Å². The largest absolute Gasteiger partial charge is 0.496 e. The summed E-state index contributed by atoms with van der Waals surface area (Å²) >= 11 is 5.47. The van der Waals surface area contributed by atoms with Gasteiger partial charge in [-0.15, -0.1) is 0 Å². The molecule has 0 aliphatic carbocycles. The van der Waals surface area contributed by atoms with Crippen molar-refractivity contribution in [2.45, 2.75) is 20.8 Å². The van der Waals surface area contributed by atoms with Crippen molar-refractivity contribution >= 4 is 22.7 Å². The number of benzene rings is 1. The molecule has 1 aromatic rings. The van der Waals surface area contributed by atoms with Gasteiger partial charge in [-0.2, -0.15) is 0 Å². The van der Waals surface area contributed by atoms with Crippen molar-refractivity contribution < 1.29 is 9.53 Å². The van der Waals surface area contributed by atoms with Crippen LogP contribution in [0.3, 0.4) is 0 Å². The van der Waals surface area contributed by atoms with Gasteiger partial charge in [-0.25, -0.2) is 0 Å². The molecule has 0 radical (unpaired) electrons. The highest BCUT2D eigenvalue weighted by atomic mass is 35.5. The van der Waals surface area contributed by atoms with Crippen molar-refractivity contribution in [3.63, 3.8) is 0 Å². The zero-order chi connectivity index (χ0) is 12.5. The molecule has 16 heavy (non-hydrogen) atoms. The minimum absolute atomic E-state index is 0.493. The number of nitrogens with zero attached hydrogens (tertiary/aromatic N) is 1. The molecule has 0 aliphatic heterocycles. The summed E-state index contributed by atoms with van der Waals surface area (Å²) < 4.78 is 5.32. The van der Waals surface area contributed by atoms with Crippen molar-refractivity contribution in [2.24, 2.45) is 0 Å². The Bertz CT molecular complexity index is 430. The van der Waals surface area contributed by atoms with Crippen LogP contribution in [0.15, 0.2) is 6.07 Å². The maximum atomic E-state index is 11.1. The van der Waals surface area contributed by atoms with E-state index in [1.165, 1.54) is 4.90 Å². The number of carbonyl (C=O) groups is 1. The highest BCUT2D eigenvalue weighted by Crippen LogP contribution is 2.33. The van der Waals surface area contributed by atoms with E-state index in [1.54, 1.807) is 14.2 Å². The third kappa shape index (κ3) is 2.14. The van der Waals surface area contributed by atoms with Gasteiger partial charge in [0.25, 0.3) is 0 Å². The van der Waals surface area contributed by atoms with Crippen LogP contribution in [-0.4, -0.2) is 19.5 Å². The molecule has 0 bridgehead atoms. The number of amides is 1. The molecule has 0 unspecified atom stereocenters. The number of carbonyl (C=O) groups excluding carboxylic acids is 1. The van der Waals surface area contributed by atoms with Gasteiger partial charge < -0.3 is 9.64 Å². The van der Waals surface area contributed by atoms with Crippen LogP contribution < -0.4 is 9.64 Å². The molecule has 1 rings (SSSR count). The van der Waals surface area contributed by atoms with E-state index < -0.39 is 5.37 Å². The lowest BCUT2D eigenvalue weighted by molar-refractivity contribution is 0.265. The lowest BCUT2D eigenvalue weighted by Crippen LogP contribution is -2.21. The Morgan fingerprint density at radius 1 is 1.31 bits per heavy atom. The van der Waals surface area contributed by atoms with Crippen molar-refractivity contribution in [2.75, 3.05) is 19.1 Å². The van der Waals surface area contributed by atoms with Gasteiger partial charge in [-0.05, 0) is 55.1 Å². The number of halogens is 1. The van der Waals surface area contributed by atoms with E-state index in [0.717, 1.165) is 28.1 Å². The van der Waals surface area contributed by atoms with Crippen molar-refractivity contribution in [3.05, 3.63) is 22.8 Å². The molecule has 88 valence electrons. The lowest BCUT2D eigenvalue weighted by atomic mass is 10.0. The number of hydrogen-bond acceptors (Lipinski definition) is 2. The van der Waals surface area contributed by atoms with Crippen LogP contribution in [0, 0.1) is 20.8 Å². The second-order valence-electron chi connectivity index (χ2n) is 3.81. The summed E-state index contributed by atoms with van der Waals surface area (Å²) in [6, 6.07) is 1.90. The lowest BCUT2D eigenvalue weighted by Gasteiger charge is -2.21. The smallest absolute Gasteiger partial charge is 0.320 e. The number of anilines is 1. The second kappa shape index (κ2) is 4.74. The van der Waals surface area contributed by atoms with Gasteiger partial charge in [0.05, 0.1) is 7.11 Å². The second-order valence-corrected chi connectivity index (χ2v) is 4.13. The summed E-state index contributed by atoms with van der Waals surface area (Å²) in [5.74, 6) is 0.858. The van der Waals surface area contributed by atoms with E-state index in [0.29, 0.717) is 0 Å². The molecule has 0 saturated carbocycles. The number of hydrogen-bond donors (Lipinski definition) is 0. The minimum Gasteiger partial charge on any atom is -0.496 e. The molecular weight excluding hydrogens is 226 g/mol. The molecule has 0 spiro atoms. The van der Waals surface area contributed by atoms with Crippen LogP contribution in [-0.2, 0) is 0 Å². The number of methoxy groups -OCH3 is 1. The average molecular weight is 242 g/mol. The van der Waals surface area contributed by atoms with Crippen molar-refractivity contribution in [3.8, 4) is 5.75 Å². The standard InChI is InChI=1S/C12H16ClNO2/c1-7-6-10(14(4)12(13)15)8(2)9(3)11(7)16-5/h6H,1-5H3. The topological polar surface area (TPSA) is 29.5 Å². The van der Waals surface area contributed by atoms with Crippen LogP contribution in [0.1, 0.15) is 16.7 Å². The Kier molecular flexibility index (Phi) is 3.81. The van der Waals surface area contributed by atoms with E-state index in [2.05, 4.69) is 0 Å². The predicted octanol–water partition coefficient (Wildman–Crippen LogP) is 3.42. The zero-order valence-electron chi connectivity index (χ0n) is 10.2. The summed E-state index contributed by atoms with van der Waals surface area (Å²) in [7, 11) is 3.30. The highest BCUT2D eigenvalue weighted by Gasteiger charge is 2.16. The maximum absolute atomic E-state index is 11.1. The fourth-order valence-electron chi connectivity index (χ4n) is 1.79. The molecule has 3 nitrogen and oxygen atoms in total. The van der Waals surface area contributed by atoms with E-state index in [-0.39, 0.29) is 0 Å². The van der Waals surface area contributed by atoms with Gasteiger partial charge >= 0.3 is 5.37 Å². The first kappa shape index (κ1) is 12.8. The molecule has 0 heterocycles. The highest BCUT2D eigenvalue weighted by molar-refractivity contribution is 6.66. The van der Waals surface area contributed by atoms with Gasteiger partial charge in [0.2, 0.25) is 0 Å². The first-order valence-corrected chi connectivity index (χ1v) is 5.36. The van der Waals surface area contributed by atoms with E-state index >= 15 is 0 Å². The van der Waals surface area contributed by atoms with Gasteiger partial charge in [0.1, 0.15) is 5.75 Å². The summed E-state index contributed by atoms with van der Waals surface area (Å²) in [4.78, 5) is 12.6. The number of aryl methyl sites for hydroxylation is 1. The predicted molar refractivity (Wildman–Crippen MR) is 66.9 cm³/mol. The fraction of sp³-hybridized carbons (Fsp3) is 0.417. The average Bonchev–Trinajstić information content (AvgIpc) is 2.23. The molecule has 1 aromatic carbocycles. The van der Waals surface area contributed by atoms with Crippen LogP contribution in [0.25, 0.3) is 0 Å². The first-order chi connectivity index (χ1) is 7.40. The molecule has 0 aliphatic rings. The third-order valence-electron chi connectivity index (χ3n) is 2.83. The van der Waals surface area contributed by atoms with E-state index in [1.807, 2.05) is 26.8 Å².